The molecule has 15 atom stereocenters. The molecule has 6 N–H and O–H groups in total. The number of aliphatic hydroxyl groups is 4. The van der Waals surface area contributed by atoms with Gasteiger partial charge in [0.15, 0.2) is 36.2 Å². The van der Waals surface area contributed by atoms with Crippen LogP contribution in [0.3, 0.4) is 0 Å². The first-order valence-electron chi connectivity index (χ1n) is 21.2. The van der Waals surface area contributed by atoms with Crippen LogP contribution in [0.5, 0.6) is 0 Å². The van der Waals surface area contributed by atoms with Gasteiger partial charge in [0.2, 0.25) is 0 Å². The van der Waals surface area contributed by atoms with Crippen molar-refractivity contribution >= 4 is 34.1 Å². The highest BCUT2D eigenvalue weighted by Crippen LogP contribution is 2.44. The maximum Gasteiger partial charge on any atom is 0.299 e. The van der Waals surface area contributed by atoms with Crippen LogP contribution in [0, 0.1) is 40.5 Å². The van der Waals surface area contributed by atoms with E-state index in [-0.39, 0.29) is 11.4 Å². The largest absolute Gasteiger partial charge is 0.389 e. The third kappa shape index (κ3) is 9.86. The van der Waals surface area contributed by atoms with Gasteiger partial charge in [-0.2, -0.15) is 0 Å². The maximum absolute atomic E-state index is 12.1. The molecule has 0 unspecified atom stereocenters. The molecule has 0 saturated carbocycles. The molecule has 67 heavy (non-hydrogen) atoms. The lowest BCUT2D eigenvalue weighted by Crippen LogP contribution is -2.55. The summed E-state index contributed by atoms with van der Waals surface area (Å²) in [6, 6.07) is 3.65. The van der Waals surface area contributed by atoms with E-state index in [0.29, 0.717) is 0 Å². The van der Waals surface area contributed by atoms with Gasteiger partial charge in [-0.05, 0) is 53.7 Å². The highest BCUT2D eigenvalue weighted by atomic mass is 16.9. The van der Waals surface area contributed by atoms with Crippen molar-refractivity contribution in [2.45, 2.75) is 151 Å². The fourth-order valence-electron chi connectivity index (χ4n) is 9.39. The summed E-state index contributed by atoms with van der Waals surface area (Å²) < 4.78 is 53.9. The molecule has 0 aromatic heterocycles. The molecule has 0 radical (unpaired) electrons. The number of nitro benzene ring substituents is 4. The lowest BCUT2D eigenvalue weighted by molar-refractivity contribution is -0.393. The first-order valence-corrected chi connectivity index (χ1v) is 21.2. The quantitative estimate of drug-likeness (QED) is 0.0949. The van der Waals surface area contributed by atoms with Crippen LogP contribution >= 0.6 is 0 Å². The Morgan fingerprint density at radius 2 is 0.896 bits per heavy atom. The Morgan fingerprint density at radius 1 is 0.552 bits per heavy atom. The summed E-state index contributed by atoms with van der Waals surface area (Å²) >= 11 is 0. The molecule has 368 valence electrons. The Hall–Kier alpha value is -4.92. The Bertz CT molecular complexity index is 2130. The minimum absolute atomic E-state index is 0.174. The van der Waals surface area contributed by atoms with Crippen molar-refractivity contribution in [2.24, 2.45) is 0 Å². The molecule has 28 heteroatoms. The molecule has 6 saturated heterocycles. The third-order valence-corrected chi connectivity index (χ3v) is 12.1. The van der Waals surface area contributed by atoms with Crippen molar-refractivity contribution in [1.29, 1.82) is 0 Å². The van der Waals surface area contributed by atoms with Crippen molar-refractivity contribution in [2.75, 3.05) is 30.3 Å². The van der Waals surface area contributed by atoms with Crippen LogP contribution in [0.1, 0.15) is 41.5 Å². The zero-order chi connectivity index (χ0) is 48.7. The second-order valence-corrected chi connectivity index (χ2v) is 18.4. The number of nitro groups is 4. The number of rotatable bonds is 17. The van der Waals surface area contributed by atoms with E-state index in [2.05, 4.69) is 10.6 Å². The van der Waals surface area contributed by atoms with Gasteiger partial charge in [0.05, 0.1) is 62.2 Å². The van der Waals surface area contributed by atoms with Crippen molar-refractivity contribution in [1.82, 2.24) is 4.90 Å². The van der Waals surface area contributed by atoms with E-state index >= 15 is 0 Å². The molecule has 6 fully saturated rings. The zero-order valence-electron chi connectivity index (χ0n) is 36.7. The minimum Gasteiger partial charge on any atom is -0.389 e. The van der Waals surface area contributed by atoms with Gasteiger partial charge in [0.25, 0.3) is 22.7 Å². The van der Waals surface area contributed by atoms with E-state index in [9.17, 15) is 60.9 Å². The van der Waals surface area contributed by atoms with Gasteiger partial charge in [-0.25, -0.2) is 0 Å². The van der Waals surface area contributed by atoms with Crippen LogP contribution in [0.2, 0.25) is 0 Å². The normalized spacial score (nSPS) is 34.6. The highest BCUT2D eigenvalue weighted by molar-refractivity contribution is 5.67. The number of ether oxygens (including phenoxy) is 9. The fourth-order valence-corrected chi connectivity index (χ4v) is 9.39. The number of aliphatic hydroxyl groups excluding tert-OH is 4. The van der Waals surface area contributed by atoms with Crippen molar-refractivity contribution < 1.29 is 82.8 Å². The molecular formula is C39H51N7O21. The van der Waals surface area contributed by atoms with Crippen molar-refractivity contribution in [3.05, 3.63) is 76.9 Å². The molecule has 6 aliphatic rings. The predicted octanol–water partition coefficient (Wildman–Crippen LogP) is 0.955. The first kappa shape index (κ1) is 48.5. The van der Waals surface area contributed by atoms with E-state index in [1.807, 2.05) is 0 Å². The lowest BCUT2D eigenvalue weighted by Gasteiger charge is -2.36. The number of hydrogen-bond acceptors (Lipinski definition) is 24. The topological polar surface area (TPSA) is 364 Å². The second-order valence-electron chi connectivity index (χ2n) is 18.4. The number of anilines is 2. The Morgan fingerprint density at radius 3 is 1.25 bits per heavy atom. The van der Waals surface area contributed by atoms with Crippen LogP contribution < -0.4 is 10.6 Å². The van der Waals surface area contributed by atoms with Crippen LogP contribution in [-0.2, 0) is 42.6 Å². The predicted molar refractivity (Wildman–Crippen MR) is 221 cm³/mol. The molecule has 0 bridgehead atoms. The van der Waals surface area contributed by atoms with Gasteiger partial charge in [-0.1, -0.05) is 0 Å². The summed E-state index contributed by atoms with van der Waals surface area (Å²) in [5.41, 5.74) is -2.77. The van der Waals surface area contributed by atoms with Gasteiger partial charge in [-0.15, -0.1) is 0 Å². The minimum atomic E-state index is -1.61. The fraction of sp³-hybridized carbons (Fsp3) is 0.692. The molecular weight excluding hydrogens is 902 g/mol. The van der Waals surface area contributed by atoms with E-state index in [1.165, 1.54) is 4.90 Å². The van der Waals surface area contributed by atoms with Crippen LogP contribution in [0.15, 0.2) is 36.4 Å². The SMILES string of the molecule is CC1(C)O[C@H]2O[C@H]([C@@H](O)CN(C[C@@H](O)[C@H]3O[C@@H]4OC(C)(C)O[C@@H]4[C@H]3Nc3ccc([N+](=O)[O-])cc3[N+](=O)[O-])C[C@@H](O)[C@H]3O[C@@H]4OC(C)(C)O[C@@H]4[C@H]3Nc3ccc([N+](=O)[O-])cc3[N+](=O)[O-])[C@H](O)[C@H]2O1. The van der Waals surface area contributed by atoms with Crippen LogP contribution in [0.4, 0.5) is 34.1 Å². The lowest BCUT2D eigenvalue weighted by atomic mass is 9.99. The molecule has 28 nitrogen and oxygen atoms in total. The van der Waals surface area contributed by atoms with E-state index in [0.717, 1.165) is 36.4 Å². The van der Waals surface area contributed by atoms with Crippen LogP contribution in [-0.4, -0.2) is 174 Å². The Balaban J connectivity index is 1.08. The summed E-state index contributed by atoms with van der Waals surface area (Å²) in [6.45, 7) is 8.28. The number of benzene rings is 2. The van der Waals surface area contributed by atoms with E-state index < -0.39 is 171 Å². The van der Waals surface area contributed by atoms with Gasteiger partial charge < -0.3 is 73.7 Å². The Kier molecular flexibility index (Phi) is 12.9. The summed E-state index contributed by atoms with van der Waals surface area (Å²) in [5.74, 6) is -3.52. The van der Waals surface area contributed by atoms with Crippen LogP contribution in [0.25, 0.3) is 0 Å². The molecule has 6 aliphatic heterocycles. The number of hydrogen-bond donors (Lipinski definition) is 6. The van der Waals surface area contributed by atoms with Gasteiger partial charge in [-0.3, -0.25) is 45.4 Å². The summed E-state index contributed by atoms with van der Waals surface area (Å²) in [7, 11) is 0. The number of fused-ring (bicyclic) bond motifs is 3. The van der Waals surface area contributed by atoms with E-state index in [4.69, 9.17) is 42.6 Å². The number of nitrogens with one attached hydrogen (secondary N) is 2. The average Bonchev–Trinajstić information content (AvgIpc) is 4.03. The Labute approximate surface area is 379 Å². The zero-order valence-corrected chi connectivity index (χ0v) is 36.7. The molecule has 0 amide bonds. The standard InChI is InChI=1S/C39H51N7O21/c1-37(2)62-31-25(40-18-9-7-16(43(51)52)11-20(18)45(55)56)28(59-34(31)65-37)22(47)13-42(15-24(49)30-27(50)33-36(61-30)67-39(5,6)64-33)14-23(48)29-26(32-35(60-29)66-38(3,4)63-32)41-19-10-8-17(44(53)54)12-21(19)46(57)58/h7-12,22-36,40-41,47-50H,13-15H2,1-6H3/t22-,23-,24+,25+,26+,27+,28-,29-,30-,31-,32-,33-,34-,35-,36-/m1/s1. The number of non-ortho nitro benzene ring substituents is 2. The van der Waals surface area contributed by atoms with Crippen molar-refractivity contribution in [3.63, 3.8) is 0 Å². The molecule has 2 aromatic rings. The third-order valence-electron chi connectivity index (χ3n) is 12.1. The van der Waals surface area contributed by atoms with E-state index in [1.54, 1.807) is 41.5 Å². The van der Waals surface area contributed by atoms with Crippen molar-refractivity contribution in [3.8, 4) is 0 Å². The van der Waals surface area contributed by atoms with Gasteiger partial charge in [0.1, 0.15) is 54.1 Å². The summed E-state index contributed by atoms with van der Waals surface area (Å²) in [6.07, 6.45) is -16.4. The van der Waals surface area contributed by atoms with Gasteiger partial charge in [0, 0.05) is 31.8 Å². The first-order chi connectivity index (χ1) is 31.3. The maximum atomic E-state index is 12.1. The smallest absolute Gasteiger partial charge is 0.299 e. The molecule has 8 rings (SSSR count). The molecule has 6 heterocycles. The highest BCUT2D eigenvalue weighted by Gasteiger charge is 2.60. The molecule has 0 aliphatic carbocycles. The monoisotopic (exact) mass is 953 g/mol. The molecule has 0 spiro atoms. The second kappa shape index (κ2) is 17.9. The number of nitrogens with zero attached hydrogens (tertiary/aromatic N) is 5. The molecule has 2 aromatic carbocycles. The summed E-state index contributed by atoms with van der Waals surface area (Å²) in [5, 5.41) is 100. The average molecular weight is 954 g/mol. The summed E-state index contributed by atoms with van der Waals surface area (Å²) in [4.78, 5) is 45.4. The van der Waals surface area contributed by atoms with Gasteiger partial charge >= 0.3 is 0 Å².